The number of carbonyl (C=O) groups is 1. The highest BCUT2D eigenvalue weighted by Gasteiger charge is 2.26. The highest BCUT2D eigenvalue weighted by atomic mass is 19.1. The van der Waals surface area contributed by atoms with E-state index in [1.165, 1.54) is 12.3 Å². The maximum Gasteiger partial charge on any atom is 0.214 e. The molecule has 0 bridgehead atoms. The zero-order valence-electron chi connectivity index (χ0n) is 22.0. The fraction of sp³-hybridized carbons (Fsp3) is 0.538. The van der Waals surface area contributed by atoms with Gasteiger partial charge in [-0.3, -0.25) is 4.79 Å². The molecule has 3 rings (SSSR count). The third-order valence-electron chi connectivity index (χ3n) is 5.38. The largest absolute Gasteiger partial charge is 0.385 e. The van der Waals surface area contributed by atoms with Crippen LogP contribution in [0.15, 0.2) is 24.4 Å². The van der Waals surface area contributed by atoms with Crippen LogP contribution in [0.25, 0.3) is 0 Å². The van der Waals surface area contributed by atoms with Crippen molar-refractivity contribution in [3.63, 3.8) is 0 Å². The molecule has 2 aromatic rings. The van der Waals surface area contributed by atoms with Gasteiger partial charge in [-0.25, -0.2) is 9.97 Å². The van der Waals surface area contributed by atoms with Gasteiger partial charge in [0.05, 0.1) is 17.4 Å². The van der Waals surface area contributed by atoms with E-state index in [4.69, 9.17) is 10.1 Å². The molecule has 0 aromatic carbocycles. The lowest BCUT2D eigenvalue weighted by molar-refractivity contribution is 0.0819. The Balaban J connectivity index is 0.000000926. The number of aromatic nitrogens is 2. The summed E-state index contributed by atoms with van der Waals surface area (Å²) in [7, 11) is 3.40. The number of nitrogens with zero attached hydrogens (tertiary/aromatic N) is 3. The molecule has 0 atom stereocenters. The minimum atomic E-state index is -0.621. The number of anilines is 3. The fourth-order valence-corrected chi connectivity index (χ4v) is 3.45. The van der Waals surface area contributed by atoms with Crippen LogP contribution >= 0.6 is 0 Å². The fourth-order valence-electron chi connectivity index (χ4n) is 3.45. The van der Waals surface area contributed by atoms with E-state index in [1.54, 1.807) is 26.4 Å². The van der Waals surface area contributed by atoms with Crippen molar-refractivity contribution in [2.24, 2.45) is 5.92 Å². The second-order valence-electron chi connectivity index (χ2n) is 7.97. The Hall–Kier alpha value is -2.91. The molecule has 2 aromatic heterocycles. The third kappa shape index (κ3) is 8.99. The Morgan fingerprint density at radius 1 is 1.29 bits per heavy atom. The second kappa shape index (κ2) is 15.9. The van der Waals surface area contributed by atoms with Gasteiger partial charge in [0, 0.05) is 57.6 Å². The molecule has 0 radical (unpaired) electrons. The summed E-state index contributed by atoms with van der Waals surface area (Å²) in [5, 5.41) is 11.8. The summed E-state index contributed by atoms with van der Waals surface area (Å²) in [4.78, 5) is 21.7. The number of pyridine rings is 2. The molecule has 0 spiro atoms. The van der Waals surface area contributed by atoms with E-state index in [0.717, 1.165) is 38.2 Å². The first-order chi connectivity index (χ1) is 16.8. The standard InChI is InChI=1S/C21H26FN5O2.C3H8O.C2H6/c1-13(2)20(23)19-17(27-8-5-16(29-3)6-9-27)10-15(12-28)26-21(19)25-14-4-7-24-18(22)11-14;1-3-4-2;1-2/h4,7,10-13,16,23H,5-6,8-9H2,1-3H3,(H,24,25,26);3H2,1-2H3;1-2H3. The van der Waals surface area contributed by atoms with Crippen molar-refractivity contribution in [3.05, 3.63) is 41.6 Å². The number of methoxy groups -OCH3 is 2. The highest BCUT2D eigenvalue weighted by molar-refractivity contribution is 6.09. The van der Waals surface area contributed by atoms with Gasteiger partial charge in [0.25, 0.3) is 0 Å². The predicted molar refractivity (Wildman–Crippen MR) is 140 cm³/mol. The van der Waals surface area contributed by atoms with Gasteiger partial charge in [-0.05, 0) is 37.8 Å². The number of rotatable bonds is 8. The van der Waals surface area contributed by atoms with E-state index in [2.05, 4.69) is 24.9 Å². The minimum Gasteiger partial charge on any atom is -0.385 e. The van der Waals surface area contributed by atoms with Crippen molar-refractivity contribution in [2.75, 3.05) is 44.1 Å². The lowest BCUT2D eigenvalue weighted by Crippen LogP contribution is -2.38. The average Bonchev–Trinajstić information content (AvgIpc) is 2.89. The Labute approximate surface area is 208 Å². The molecule has 35 heavy (non-hydrogen) atoms. The molecule has 0 saturated carbocycles. The van der Waals surface area contributed by atoms with Gasteiger partial charge in [-0.1, -0.05) is 27.7 Å². The van der Waals surface area contributed by atoms with E-state index in [1.807, 2.05) is 34.6 Å². The topological polar surface area (TPSA) is 100 Å². The van der Waals surface area contributed by atoms with Crippen LogP contribution < -0.4 is 10.2 Å². The molecule has 1 saturated heterocycles. The van der Waals surface area contributed by atoms with Crippen LogP contribution in [0, 0.1) is 17.3 Å². The van der Waals surface area contributed by atoms with Crippen molar-refractivity contribution < 1.29 is 18.7 Å². The smallest absolute Gasteiger partial charge is 0.214 e. The monoisotopic (exact) mass is 489 g/mol. The van der Waals surface area contributed by atoms with Gasteiger partial charge in [0.2, 0.25) is 5.95 Å². The summed E-state index contributed by atoms with van der Waals surface area (Å²) in [5.41, 5.74) is 2.52. The third-order valence-corrected chi connectivity index (χ3v) is 5.38. The minimum absolute atomic E-state index is 0.0520. The summed E-state index contributed by atoms with van der Waals surface area (Å²) < 4.78 is 23.6. The van der Waals surface area contributed by atoms with Gasteiger partial charge in [-0.2, -0.15) is 4.39 Å². The summed E-state index contributed by atoms with van der Waals surface area (Å²) in [6, 6.07) is 4.59. The molecular formula is C26H40FN5O3. The number of piperidine rings is 1. The van der Waals surface area contributed by atoms with Crippen LogP contribution in [-0.2, 0) is 9.47 Å². The highest BCUT2D eigenvalue weighted by Crippen LogP contribution is 2.33. The summed E-state index contributed by atoms with van der Waals surface area (Å²) >= 11 is 0. The van der Waals surface area contributed by atoms with Gasteiger partial charge in [0.15, 0.2) is 6.29 Å². The van der Waals surface area contributed by atoms with E-state index in [-0.39, 0.29) is 17.7 Å². The molecule has 194 valence electrons. The molecule has 0 unspecified atom stereocenters. The van der Waals surface area contributed by atoms with Crippen LogP contribution in [0.1, 0.15) is 63.5 Å². The molecule has 2 N–H and O–H groups in total. The van der Waals surface area contributed by atoms with Crippen LogP contribution in [0.5, 0.6) is 0 Å². The zero-order valence-corrected chi connectivity index (χ0v) is 22.0. The Morgan fingerprint density at radius 2 is 1.91 bits per heavy atom. The first kappa shape index (κ1) is 30.1. The number of halogens is 1. The molecule has 1 fully saturated rings. The van der Waals surface area contributed by atoms with Crippen LogP contribution in [0.3, 0.4) is 0 Å². The average molecular weight is 490 g/mol. The maximum atomic E-state index is 13.6. The van der Waals surface area contributed by atoms with E-state index in [9.17, 15) is 9.18 Å². The molecule has 3 heterocycles. The molecule has 1 aliphatic heterocycles. The molecule has 1 aliphatic rings. The number of aldehydes is 1. The number of carbonyl (C=O) groups excluding carboxylic acids is 1. The summed E-state index contributed by atoms with van der Waals surface area (Å²) in [5.74, 6) is -0.310. The van der Waals surface area contributed by atoms with Crippen molar-refractivity contribution in [1.29, 1.82) is 5.41 Å². The number of hydrogen-bond donors (Lipinski definition) is 2. The van der Waals surface area contributed by atoms with Crippen molar-refractivity contribution in [3.8, 4) is 0 Å². The van der Waals surface area contributed by atoms with Gasteiger partial charge in [0.1, 0.15) is 11.5 Å². The number of nitrogens with one attached hydrogen (secondary N) is 2. The molecule has 0 aliphatic carbocycles. The summed E-state index contributed by atoms with van der Waals surface area (Å²) in [6.45, 7) is 12.2. The summed E-state index contributed by atoms with van der Waals surface area (Å²) in [6.07, 6.45) is 3.98. The van der Waals surface area contributed by atoms with Gasteiger partial charge < -0.3 is 25.1 Å². The van der Waals surface area contributed by atoms with Crippen LogP contribution in [-0.4, -0.2) is 62.0 Å². The van der Waals surface area contributed by atoms with Crippen molar-refractivity contribution in [1.82, 2.24) is 9.97 Å². The SMILES string of the molecule is CC.CCOC.COC1CCN(c2cc(C=O)nc(Nc3ccnc(F)c3)c2C(=N)C(C)C)CC1. The normalized spacial score (nSPS) is 13.3. The number of ether oxygens (including phenoxy) is 2. The zero-order chi connectivity index (χ0) is 26.4. The van der Waals surface area contributed by atoms with Crippen LogP contribution in [0.4, 0.5) is 21.6 Å². The Morgan fingerprint density at radius 3 is 2.40 bits per heavy atom. The predicted octanol–water partition coefficient (Wildman–Crippen LogP) is 5.49. The van der Waals surface area contributed by atoms with Crippen molar-refractivity contribution in [2.45, 2.75) is 53.6 Å². The lowest BCUT2D eigenvalue weighted by Gasteiger charge is -2.35. The van der Waals surface area contributed by atoms with E-state index in [0.29, 0.717) is 29.1 Å². The van der Waals surface area contributed by atoms with E-state index >= 15 is 0 Å². The van der Waals surface area contributed by atoms with Crippen molar-refractivity contribution >= 4 is 29.2 Å². The maximum absolute atomic E-state index is 13.6. The molecule has 8 nitrogen and oxygen atoms in total. The quantitative estimate of drug-likeness (QED) is 0.287. The second-order valence-corrected chi connectivity index (χ2v) is 7.97. The van der Waals surface area contributed by atoms with E-state index < -0.39 is 5.95 Å². The number of hydrogen-bond acceptors (Lipinski definition) is 8. The van der Waals surface area contributed by atoms with Crippen LogP contribution in [0.2, 0.25) is 0 Å². The molecule has 0 amide bonds. The molecule has 9 heteroatoms. The Bertz CT molecular complexity index is 929. The molecular weight excluding hydrogens is 449 g/mol. The first-order valence-electron chi connectivity index (χ1n) is 12.1. The Kier molecular flexibility index (Phi) is 13.7. The first-order valence-corrected chi connectivity index (χ1v) is 12.1. The van der Waals surface area contributed by atoms with Gasteiger partial charge in [-0.15, -0.1) is 0 Å². The van der Waals surface area contributed by atoms with Gasteiger partial charge >= 0.3 is 0 Å². The lowest BCUT2D eigenvalue weighted by atomic mass is 9.96.